The van der Waals surface area contributed by atoms with Crippen molar-refractivity contribution >= 4 is 5.97 Å². The molecule has 0 aromatic rings. The van der Waals surface area contributed by atoms with Gasteiger partial charge in [0.05, 0.1) is 5.41 Å². The summed E-state index contributed by atoms with van der Waals surface area (Å²) in [6, 6.07) is 0. The van der Waals surface area contributed by atoms with Crippen LogP contribution in [0.25, 0.3) is 0 Å². The number of esters is 1. The first-order chi connectivity index (χ1) is 10.5. The maximum Gasteiger partial charge on any atom is 0.312 e. The van der Waals surface area contributed by atoms with Crippen LogP contribution in [0.2, 0.25) is 0 Å². The van der Waals surface area contributed by atoms with Gasteiger partial charge in [0.15, 0.2) is 0 Å². The minimum absolute atomic E-state index is 0.0640. The van der Waals surface area contributed by atoms with Gasteiger partial charge < -0.3 is 4.74 Å². The molecule has 0 heterocycles. The highest BCUT2D eigenvalue weighted by atomic mass is 16.5. The van der Waals surface area contributed by atoms with Crippen molar-refractivity contribution in [1.82, 2.24) is 0 Å². The summed E-state index contributed by atoms with van der Waals surface area (Å²) in [7, 11) is 0. The zero-order chi connectivity index (χ0) is 15.1. The lowest BCUT2D eigenvalue weighted by Gasteiger charge is -2.55. The van der Waals surface area contributed by atoms with Gasteiger partial charge in [-0.2, -0.15) is 0 Å². The number of carbonyl (C=O) groups excluding carboxylic acids is 1. The van der Waals surface area contributed by atoms with Crippen molar-refractivity contribution in [2.75, 3.05) is 0 Å². The van der Waals surface area contributed by atoms with Crippen LogP contribution in [-0.4, -0.2) is 12.1 Å². The Bertz CT molecular complexity index is 459. The molecule has 6 aliphatic carbocycles. The summed E-state index contributed by atoms with van der Waals surface area (Å²) in [5.74, 6) is 5.75. The van der Waals surface area contributed by atoms with Crippen molar-refractivity contribution in [3.63, 3.8) is 0 Å². The molecule has 0 saturated heterocycles. The lowest BCUT2D eigenvalue weighted by Crippen LogP contribution is -2.51. The first-order valence-corrected chi connectivity index (χ1v) is 9.75. The maximum absolute atomic E-state index is 13.1. The SMILES string of the molecule is CC1C2CC(OC(=O)C34CC5CC(CC(C5)C3)C4)C(C2)C1C. The lowest BCUT2D eigenvalue weighted by atomic mass is 9.49. The molecule has 0 radical (unpaired) electrons. The zero-order valence-corrected chi connectivity index (χ0v) is 14.1. The first-order valence-electron chi connectivity index (χ1n) is 9.75. The molecule has 0 amide bonds. The smallest absolute Gasteiger partial charge is 0.312 e. The molecule has 6 bridgehead atoms. The van der Waals surface area contributed by atoms with E-state index in [1.165, 1.54) is 25.7 Å². The Morgan fingerprint density at radius 3 is 1.95 bits per heavy atom. The van der Waals surface area contributed by atoms with E-state index in [1.807, 2.05) is 0 Å². The Hall–Kier alpha value is -0.530. The van der Waals surface area contributed by atoms with Crippen molar-refractivity contribution < 1.29 is 9.53 Å². The third-order valence-electron chi connectivity index (χ3n) is 8.57. The summed E-state index contributed by atoms with van der Waals surface area (Å²) < 4.78 is 6.21. The van der Waals surface area contributed by atoms with Crippen molar-refractivity contribution in [3.8, 4) is 0 Å². The van der Waals surface area contributed by atoms with Crippen molar-refractivity contribution in [2.24, 2.45) is 46.8 Å². The molecule has 6 rings (SSSR count). The third kappa shape index (κ3) is 1.82. The van der Waals surface area contributed by atoms with E-state index >= 15 is 0 Å². The molecule has 0 N–H and O–H groups in total. The van der Waals surface area contributed by atoms with Crippen LogP contribution < -0.4 is 0 Å². The van der Waals surface area contributed by atoms with Gasteiger partial charge in [-0.3, -0.25) is 4.79 Å². The third-order valence-corrected chi connectivity index (χ3v) is 8.57. The normalized spacial score (nSPS) is 58.3. The summed E-state index contributed by atoms with van der Waals surface area (Å²) in [4.78, 5) is 13.1. The van der Waals surface area contributed by atoms with E-state index in [4.69, 9.17) is 4.74 Å². The highest BCUT2D eigenvalue weighted by Crippen LogP contribution is 2.61. The van der Waals surface area contributed by atoms with Crippen molar-refractivity contribution in [1.29, 1.82) is 0 Å². The summed E-state index contributed by atoms with van der Waals surface area (Å²) in [6.07, 6.45) is 10.3. The predicted molar refractivity (Wildman–Crippen MR) is 85.0 cm³/mol. The number of hydrogen-bond donors (Lipinski definition) is 0. The number of fused-ring (bicyclic) bond motifs is 2. The Kier molecular flexibility index (Phi) is 2.84. The largest absolute Gasteiger partial charge is 0.462 e. The summed E-state index contributed by atoms with van der Waals surface area (Å²) >= 11 is 0. The van der Waals surface area contributed by atoms with Gasteiger partial charge in [-0.05, 0) is 92.8 Å². The average molecular weight is 302 g/mol. The average Bonchev–Trinajstić information content (AvgIpc) is 2.98. The molecular formula is C20H30O2. The highest BCUT2D eigenvalue weighted by molar-refractivity contribution is 5.77. The molecule has 5 unspecified atom stereocenters. The molecule has 5 atom stereocenters. The monoisotopic (exact) mass is 302 g/mol. The molecule has 0 aliphatic heterocycles. The van der Waals surface area contributed by atoms with Crippen LogP contribution in [0.1, 0.15) is 65.2 Å². The van der Waals surface area contributed by atoms with Crippen LogP contribution in [0.4, 0.5) is 0 Å². The van der Waals surface area contributed by atoms with Crippen LogP contribution in [-0.2, 0) is 9.53 Å². The van der Waals surface area contributed by atoms with Gasteiger partial charge in [0, 0.05) is 0 Å². The van der Waals surface area contributed by atoms with Gasteiger partial charge >= 0.3 is 5.97 Å². The van der Waals surface area contributed by atoms with Gasteiger partial charge in [-0.15, -0.1) is 0 Å². The van der Waals surface area contributed by atoms with Crippen LogP contribution in [0, 0.1) is 46.8 Å². The fourth-order valence-corrected chi connectivity index (χ4v) is 7.63. The molecule has 22 heavy (non-hydrogen) atoms. The van der Waals surface area contributed by atoms with Crippen LogP contribution >= 0.6 is 0 Å². The van der Waals surface area contributed by atoms with E-state index < -0.39 is 0 Å². The minimum Gasteiger partial charge on any atom is -0.462 e. The van der Waals surface area contributed by atoms with E-state index in [-0.39, 0.29) is 17.5 Å². The number of rotatable bonds is 2. The van der Waals surface area contributed by atoms with E-state index in [2.05, 4.69) is 13.8 Å². The predicted octanol–water partition coefficient (Wildman–Crippen LogP) is 4.43. The lowest BCUT2D eigenvalue weighted by molar-refractivity contribution is -0.180. The van der Waals surface area contributed by atoms with Crippen LogP contribution in [0.3, 0.4) is 0 Å². The minimum atomic E-state index is -0.0640. The van der Waals surface area contributed by atoms with Crippen molar-refractivity contribution in [2.45, 2.75) is 71.3 Å². The second-order valence-corrected chi connectivity index (χ2v) is 9.76. The Balaban J connectivity index is 1.32. The van der Waals surface area contributed by atoms with Gasteiger partial charge in [0.1, 0.15) is 6.10 Å². The molecule has 2 nitrogen and oxygen atoms in total. The Labute approximate surface area is 134 Å². The summed E-state index contributed by atoms with van der Waals surface area (Å²) in [6.45, 7) is 4.77. The standard InChI is InChI=1S/C20H30O2/c1-11-12(2)17-6-16(11)7-18(17)22-19(21)20-8-13-3-14(9-20)5-15(4-13)10-20/h11-18H,3-10H2,1-2H3. The molecule has 6 fully saturated rings. The molecule has 0 aromatic carbocycles. The van der Waals surface area contributed by atoms with E-state index in [9.17, 15) is 4.79 Å². The van der Waals surface area contributed by atoms with Gasteiger partial charge in [-0.25, -0.2) is 0 Å². The van der Waals surface area contributed by atoms with Crippen molar-refractivity contribution in [3.05, 3.63) is 0 Å². The summed E-state index contributed by atoms with van der Waals surface area (Å²) in [5, 5.41) is 0. The van der Waals surface area contributed by atoms with Crippen LogP contribution in [0.15, 0.2) is 0 Å². The fraction of sp³-hybridized carbons (Fsp3) is 0.950. The second-order valence-electron chi connectivity index (χ2n) is 9.76. The van der Waals surface area contributed by atoms with E-state index in [0.29, 0.717) is 5.92 Å². The van der Waals surface area contributed by atoms with E-state index in [0.717, 1.165) is 61.2 Å². The zero-order valence-electron chi connectivity index (χ0n) is 14.1. The fourth-order valence-electron chi connectivity index (χ4n) is 7.63. The van der Waals surface area contributed by atoms with E-state index in [1.54, 1.807) is 0 Å². The van der Waals surface area contributed by atoms with Gasteiger partial charge in [0.2, 0.25) is 0 Å². The number of carbonyl (C=O) groups is 1. The first kappa shape index (κ1) is 13.9. The molecule has 6 aliphatic rings. The van der Waals surface area contributed by atoms with Gasteiger partial charge in [0.25, 0.3) is 0 Å². The topological polar surface area (TPSA) is 26.3 Å². The quantitative estimate of drug-likeness (QED) is 0.706. The highest BCUT2D eigenvalue weighted by Gasteiger charge is 2.57. The van der Waals surface area contributed by atoms with Crippen LogP contribution in [0.5, 0.6) is 0 Å². The number of hydrogen-bond acceptors (Lipinski definition) is 2. The molecule has 0 spiro atoms. The maximum atomic E-state index is 13.1. The Morgan fingerprint density at radius 1 is 0.864 bits per heavy atom. The Morgan fingerprint density at radius 2 is 1.45 bits per heavy atom. The van der Waals surface area contributed by atoms with Gasteiger partial charge in [-0.1, -0.05) is 13.8 Å². The molecule has 6 saturated carbocycles. The second kappa shape index (κ2) is 4.51. The summed E-state index contributed by atoms with van der Waals surface area (Å²) in [5.41, 5.74) is -0.0640. The molecular weight excluding hydrogens is 272 g/mol. The molecule has 0 aromatic heterocycles. The molecule has 122 valence electrons. The number of ether oxygens (including phenoxy) is 1. The molecule has 2 heteroatoms.